The van der Waals surface area contributed by atoms with Gasteiger partial charge in [0.05, 0.1) is 19.2 Å². The predicted octanol–water partition coefficient (Wildman–Crippen LogP) is 3.27. The Balaban J connectivity index is 1.89. The zero-order chi connectivity index (χ0) is 14.4. The largest absolute Gasteiger partial charge is 0.469 e. The van der Waals surface area contributed by atoms with Gasteiger partial charge < -0.3 is 9.64 Å². The third kappa shape index (κ3) is 4.20. The Morgan fingerprint density at radius 1 is 1.50 bits per heavy atom. The average Bonchev–Trinajstić information content (AvgIpc) is 2.81. The van der Waals surface area contributed by atoms with Gasteiger partial charge in [-0.1, -0.05) is 13.3 Å². The van der Waals surface area contributed by atoms with Gasteiger partial charge in [-0.2, -0.15) is 0 Å². The maximum Gasteiger partial charge on any atom is 0.305 e. The second kappa shape index (κ2) is 7.62. The molecule has 0 spiro atoms. The van der Waals surface area contributed by atoms with E-state index in [1.807, 2.05) is 0 Å². The molecule has 1 unspecified atom stereocenters. The number of aromatic nitrogens is 1. The number of anilines is 1. The summed E-state index contributed by atoms with van der Waals surface area (Å²) in [6.45, 7) is 4.51. The molecule has 1 aliphatic rings. The molecule has 0 aliphatic carbocycles. The average molecular weight is 296 g/mol. The molecular formula is C15H24N2O2S. The van der Waals surface area contributed by atoms with Crippen LogP contribution in [0, 0.1) is 5.92 Å². The van der Waals surface area contributed by atoms with E-state index in [1.54, 1.807) is 11.3 Å². The molecule has 5 heteroatoms. The van der Waals surface area contributed by atoms with E-state index in [4.69, 9.17) is 0 Å². The van der Waals surface area contributed by atoms with Crippen LogP contribution in [0.4, 0.5) is 5.13 Å². The summed E-state index contributed by atoms with van der Waals surface area (Å²) in [5.41, 5.74) is 1.01. The summed E-state index contributed by atoms with van der Waals surface area (Å²) in [5.74, 6) is 0.707. The van der Waals surface area contributed by atoms with Crippen molar-refractivity contribution in [3.63, 3.8) is 0 Å². The molecule has 0 amide bonds. The third-order valence-corrected chi connectivity index (χ3v) is 5.00. The van der Waals surface area contributed by atoms with Crippen molar-refractivity contribution >= 4 is 22.4 Å². The van der Waals surface area contributed by atoms with E-state index < -0.39 is 0 Å². The Morgan fingerprint density at radius 2 is 2.35 bits per heavy atom. The molecule has 0 radical (unpaired) electrons. The molecule has 1 fully saturated rings. The fourth-order valence-corrected chi connectivity index (χ4v) is 3.57. The number of hydrogen-bond acceptors (Lipinski definition) is 5. The van der Waals surface area contributed by atoms with Crippen LogP contribution in [0.1, 0.15) is 44.7 Å². The number of hydrogen-bond donors (Lipinski definition) is 0. The van der Waals surface area contributed by atoms with Crippen molar-refractivity contribution in [2.24, 2.45) is 5.92 Å². The molecule has 2 rings (SSSR count). The second-order valence-electron chi connectivity index (χ2n) is 5.39. The summed E-state index contributed by atoms with van der Waals surface area (Å²) in [6, 6.07) is 0. The van der Waals surface area contributed by atoms with Gasteiger partial charge in [-0.05, 0) is 25.2 Å². The number of methoxy groups -OCH3 is 1. The Bertz CT molecular complexity index is 433. The lowest BCUT2D eigenvalue weighted by Crippen LogP contribution is -2.24. The molecule has 20 heavy (non-hydrogen) atoms. The van der Waals surface area contributed by atoms with Gasteiger partial charge in [-0.25, -0.2) is 4.98 Å². The molecule has 1 saturated heterocycles. The van der Waals surface area contributed by atoms with Crippen LogP contribution in [-0.2, 0) is 16.0 Å². The van der Waals surface area contributed by atoms with Gasteiger partial charge in [0.25, 0.3) is 0 Å². The van der Waals surface area contributed by atoms with E-state index in [0.717, 1.165) is 29.8 Å². The van der Waals surface area contributed by atoms with E-state index >= 15 is 0 Å². The Hall–Kier alpha value is -1.10. The summed E-state index contributed by atoms with van der Waals surface area (Å²) in [4.78, 5) is 18.2. The number of esters is 1. The quantitative estimate of drug-likeness (QED) is 0.782. The zero-order valence-corrected chi connectivity index (χ0v) is 13.2. The molecule has 1 aromatic heterocycles. The summed E-state index contributed by atoms with van der Waals surface area (Å²) in [7, 11) is 1.43. The van der Waals surface area contributed by atoms with Crippen molar-refractivity contribution in [3.8, 4) is 0 Å². The highest BCUT2D eigenvalue weighted by atomic mass is 32.1. The van der Waals surface area contributed by atoms with E-state index in [0.29, 0.717) is 12.8 Å². The number of nitrogens with zero attached hydrogens (tertiary/aromatic N) is 2. The van der Waals surface area contributed by atoms with Crippen LogP contribution in [0.15, 0.2) is 5.38 Å². The van der Waals surface area contributed by atoms with Gasteiger partial charge in [0.15, 0.2) is 5.13 Å². The number of carbonyl (C=O) groups excluding carboxylic acids is 1. The van der Waals surface area contributed by atoms with Gasteiger partial charge in [-0.3, -0.25) is 4.79 Å². The molecule has 1 aromatic rings. The van der Waals surface area contributed by atoms with Crippen LogP contribution >= 0.6 is 11.3 Å². The molecule has 0 saturated carbocycles. The van der Waals surface area contributed by atoms with Crippen molar-refractivity contribution < 1.29 is 9.53 Å². The number of aryl methyl sites for hydroxylation is 1. The lowest BCUT2D eigenvalue weighted by molar-refractivity contribution is -0.140. The lowest BCUT2D eigenvalue weighted by atomic mass is 9.98. The van der Waals surface area contributed by atoms with Crippen molar-refractivity contribution in [3.05, 3.63) is 11.1 Å². The molecule has 112 valence electrons. The highest BCUT2D eigenvalue weighted by Crippen LogP contribution is 2.27. The van der Waals surface area contributed by atoms with Crippen molar-refractivity contribution in [1.29, 1.82) is 0 Å². The first-order chi connectivity index (χ1) is 9.72. The molecular weight excluding hydrogens is 272 g/mol. The highest BCUT2D eigenvalue weighted by molar-refractivity contribution is 7.13. The first-order valence-electron chi connectivity index (χ1n) is 7.49. The van der Waals surface area contributed by atoms with Crippen LogP contribution in [0.3, 0.4) is 0 Å². The molecule has 4 nitrogen and oxygen atoms in total. The van der Waals surface area contributed by atoms with Crippen molar-refractivity contribution in [2.45, 2.75) is 45.4 Å². The topological polar surface area (TPSA) is 42.4 Å². The second-order valence-corrected chi connectivity index (χ2v) is 6.23. The zero-order valence-electron chi connectivity index (χ0n) is 12.4. The minimum Gasteiger partial charge on any atom is -0.469 e. The molecule has 0 bridgehead atoms. The van der Waals surface area contributed by atoms with Crippen LogP contribution in [-0.4, -0.2) is 31.2 Å². The summed E-state index contributed by atoms with van der Waals surface area (Å²) in [6.07, 6.45) is 6.25. The van der Waals surface area contributed by atoms with Crippen molar-refractivity contribution in [1.82, 2.24) is 4.98 Å². The number of ether oxygens (including phenoxy) is 1. The molecule has 1 aliphatic heterocycles. The van der Waals surface area contributed by atoms with E-state index in [2.05, 4.69) is 26.9 Å². The number of rotatable bonds is 5. The lowest BCUT2D eigenvalue weighted by Gasteiger charge is -2.19. The Morgan fingerprint density at radius 3 is 3.10 bits per heavy atom. The van der Waals surface area contributed by atoms with Crippen molar-refractivity contribution in [2.75, 3.05) is 25.1 Å². The third-order valence-electron chi connectivity index (χ3n) is 4.05. The fourth-order valence-electron chi connectivity index (χ4n) is 2.65. The van der Waals surface area contributed by atoms with E-state index in [-0.39, 0.29) is 5.97 Å². The molecule has 0 N–H and O–H groups in total. The Labute approximate surface area is 125 Å². The van der Waals surface area contributed by atoms with Gasteiger partial charge in [-0.15, -0.1) is 11.3 Å². The molecule has 1 atom stereocenters. The van der Waals surface area contributed by atoms with E-state index in [1.165, 1.54) is 32.8 Å². The highest BCUT2D eigenvalue weighted by Gasteiger charge is 2.18. The van der Waals surface area contributed by atoms with Crippen LogP contribution < -0.4 is 4.90 Å². The summed E-state index contributed by atoms with van der Waals surface area (Å²) in [5, 5.41) is 3.18. The van der Waals surface area contributed by atoms with Crippen LogP contribution in [0.2, 0.25) is 0 Å². The smallest absolute Gasteiger partial charge is 0.305 e. The minimum atomic E-state index is -0.167. The first-order valence-corrected chi connectivity index (χ1v) is 8.37. The SMILES string of the molecule is CCC1CCCN(c2nc(CCC(=O)OC)cs2)CC1. The maximum atomic E-state index is 11.2. The van der Waals surface area contributed by atoms with Gasteiger partial charge in [0.2, 0.25) is 0 Å². The molecule has 2 heterocycles. The Kier molecular flexibility index (Phi) is 5.83. The summed E-state index contributed by atoms with van der Waals surface area (Å²) < 4.78 is 4.66. The number of carbonyl (C=O) groups is 1. The maximum absolute atomic E-state index is 11.2. The monoisotopic (exact) mass is 296 g/mol. The van der Waals surface area contributed by atoms with Crippen LogP contribution in [0.5, 0.6) is 0 Å². The number of thiazole rings is 1. The van der Waals surface area contributed by atoms with Crippen LogP contribution in [0.25, 0.3) is 0 Å². The normalized spacial score (nSPS) is 19.7. The fraction of sp³-hybridized carbons (Fsp3) is 0.733. The standard InChI is InChI=1S/C15H24N2O2S/c1-3-12-5-4-9-17(10-8-12)15-16-13(11-20-15)6-7-14(18)19-2/h11-12H,3-10H2,1-2H3. The summed E-state index contributed by atoms with van der Waals surface area (Å²) >= 11 is 1.70. The van der Waals surface area contributed by atoms with Gasteiger partial charge in [0.1, 0.15) is 0 Å². The van der Waals surface area contributed by atoms with Gasteiger partial charge in [0, 0.05) is 24.9 Å². The first kappa shape index (κ1) is 15.3. The van der Waals surface area contributed by atoms with E-state index in [9.17, 15) is 4.79 Å². The van der Waals surface area contributed by atoms with Gasteiger partial charge >= 0.3 is 5.97 Å². The molecule has 0 aromatic carbocycles. The minimum absolute atomic E-state index is 0.167. The predicted molar refractivity (Wildman–Crippen MR) is 82.3 cm³/mol.